The molecule has 0 aliphatic heterocycles. The van der Waals surface area contributed by atoms with Gasteiger partial charge in [0.05, 0.1) is 0 Å². The Kier molecular flexibility index (Phi) is 5.55. The van der Waals surface area contributed by atoms with Crippen molar-refractivity contribution in [1.82, 2.24) is 0 Å². The second-order valence-electron chi connectivity index (χ2n) is 5.39. The summed E-state index contributed by atoms with van der Waals surface area (Å²) in [6.45, 7) is 4.55. The number of rotatable bonds is 6. The van der Waals surface area contributed by atoms with E-state index in [2.05, 4.69) is 19.2 Å². The number of carbonyl (C=O) groups is 1. The first-order valence-corrected chi connectivity index (χ1v) is 7.41. The third kappa shape index (κ3) is 4.09. The molecule has 2 aromatic carbocycles. The highest BCUT2D eigenvalue weighted by molar-refractivity contribution is 5.92. The number of nitrogens with one attached hydrogen (secondary N) is 1. The molecule has 0 atom stereocenters. The van der Waals surface area contributed by atoms with Crippen LogP contribution in [0, 0.1) is 0 Å². The average Bonchev–Trinajstić information content (AvgIpc) is 2.53. The highest BCUT2D eigenvalue weighted by atomic mass is 16.5. The molecule has 0 aliphatic rings. The van der Waals surface area contributed by atoms with Gasteiger partial charge in [0.15, 0.2) is 6.61 Å². The van der Waals surface area contributed by atoms with E-state index in [1.165, 1.54) is 0 Å². The molecule has 0 heterocycles. The molecule has 0 aromatic heterocycles. The van der Waals surface area contributed by atoms with Gasteiger partial charge in [-0.3, -0.25) is 4.79 Å². The highest BCUT2D eigenvalue weighted by Gasteiger charge is 2.10. The lowest BCUT2D eigenvalue weighted by Gasteiger charge is -2.14. The fourth-order valence-corrected chi connectivity index (χ4v) is 2.24. The summed E-state index contributed by atoms with van der Waals surface area (Å²) in [7, 11) is 0. The summed E-state index contributed by atoms with van der Waals surface area (Å²) in [6.07, 6.45) is 0. The molecule has 0 unspecified atom stereocenters. The number of benzene rings is 2. The number of hydrogen-bond acceptors (Lipinski definition) is 3. The van der Waals surface area contributed by atoms with Crippen LogP contribution in [0.25, 0.3) is 0 Å². The molecule has 0 radical (unpaired) electrons. The van der Waals surface area contributed by atoms with Gasteiger partial charge in [-0.1, -0.05) is 50.2 Å². The van der Waals surface area contributed by atoms with E-state index in [0.29, 0.717) is 12.5 Å². The zero-order valence-electron chi connectivity index (χ0n) is 13.0. The minimum Gasteiger partial charge on any atom is -0.483 e. The van der Waals surface area contributed by atoms with Crippen LogP contribution >= 0.6 is 0 Å². The Balaban J connectivity index is 1.99. The van der Waals surface area contributed by atoms with Crippen molar-refractivity contribution in [2.24, 2.45) is 5.73 Å². The Labute approximate surface area is 131 Å². The maximum absolute atomic E-state index is 12.1. The molecule has 2 rings (SSSR count). The number of ether oxygens (including phenoxy) is 1. The first-order chi connectivity index (χ1) is 10.6. The summed E-state index contributed by atoms with van der Waals surface area (Å²) in [6, 6.07) is 15.3. The largest absolute Gasteiger partial charge is 0.483 e. The number of hydrogen-bond donors (Lipinski definition) is 2. The summed E-state index contributed by atoms with van der Waals surface area (Å²) < 4.78 is 5.66. The quantitative estimate of drug-likeness (QED) is 0.860. The van der Waals surface area contributed by atoms with Gasteiger partial charge in [-0.15, -0.1) is 0 Å². The molecule has 0 saturated carbocycles. The van der Waals surface area contributed by atoms with Crippen LogP contribution in [0.5, 0.6) is 5.75 Å². The van der Waals surface area contributed by atoms with Crippen molar-refractivity contribution in [2.45, 2.75) is 26.3 Å². The monoisotopic (exact) mass is 298 g/mol. The van der Waals surface area contributed by atoms with Crippen molar-refractivity contribution >= 4 is 11.6 Å². The molecule has 0 fully saturated rings. The first kappa shape index (κ1) is 16.0. The van der Waals surface area contributed by atoms with E-state index >= 15 is 0 Å². The zero-order chi connectivity index (χ0) is 15.9. The van der Waals surface area contributed by atoms with E-state index in [4.69, 9.17) is 10.5 Å². The minimum absolute atomic E-state index is 0.0252. The number of para-hydroxylation sites is 2. The molecule has 0 spiro atoms. The lowest BCUT2D eigenvalue weighted by Crippen LogP contribution is -2.21. The minimum atomic E-state index is -0.195. The Bertz CT molecular complexity index is 638. The normalized spacial score (nSPS) is 10.5. The van der Waals surface area contributed by atoms with Gasteiger partial charge in [0.2, 0.25) is 0 Å². The fraction of sp³-hybridized carbons (Fsp3) is 0.278. The maximum atomic E-state index is 12.1. The molecule has 22 heavy (non-hydrogen) atoms. The van der Waals surface area contributed by atoms with E-state index in [-0.39, 0.29) is 12.5 Å². The van der Waals surface area contributed by atoms with Crippen LogP contribution in [-0.2, 0) is 11.3 Å². The molecule has 1 amide bonds. The smallest absolute Gasteiger partial charge is 0.262 e. The van der Waals surface area contributed by atoms with Gasteiger partial charge in [0, 0.05) is 12.2 Å². The molecule has 4 heteroatoms. The summed E-state index contributed by atoms with van der Waals surface area (Å²) in [4.78, 5) is 12.1. The first-order valence-electron chi connectivity index (χ1n) is 7.41. The standard InChI is InChI=1S/C18H22N2O2/c1-13(2)15-8-4-6-10-17(15)22-12-18(21)20-16-9-5-3-7-14(16)11-19/h3-10,13H,11-12,19H2,1-2H3,(H,20,21). The Morgan fingerprint density at radius 1 is 1.14 bits per heavy atom. The van der Waals surface area contributed by atoms with Crippen LogP contribution in [0.3, 0.4) is 0 Å². The van der Waals surface area contributed by atoms with Gasteiger partial charge >= 0.3 is 0 Å². The second-order valence-corrected chi connectivity index (χ2v) is 5.39. The Morgan fingerprint density at radius 3 is 2.55 bits per heavy atom. The van der Waals surface area contributed by atoms with Crippen LogP contribution in [0.4, 0.5) is 5.69 Å². The average molecular weight is 298 g/mol. The molecule has 4 nitrogen and oxygen atoms in total. The molecule has 0 saturated heterocycles. The molecule has 116 valence electrons. The predicted molar refractivity (Wildman–Crippen MR) is 89.0 cm³/mol. The molecule has 3 N–H and O–H groups in total. The Morgan fingerprint density at radius 2 is 1.82 bits per heavy atom. The van der Waals surface area contributed by atoms with Gasteiger partial charge in [-0.2, -0.15) is 0 Å². The number of nitrogens with two attached hydrogens (primary N) is 1. The van der Waals surface area contributed by atoms with Crippen molar-refractivity contribution < 1.29 is 9.53 Å². The summed E-state index contributed by atoms with van der Waals surface area (Å²) in [5.74, 6) is 0.899. The van der Waals surface area contributed by atoms with E-state index in [1.807, 2.05) is 48.5 Å². The van der Waals surface area contributed by atoms with Crippen molar-refractivity contribution in [3.63, 3.8) is 0 Å². The lowest BCUT2D eigenvalue weighted by atomic mass is 10.0. The van der Waals surface area contributed by atoms with Crippen LogP contribution < -0.4 is 15.8 Å². The number of amides is 1. The van der Waals surface area contributed by atoms with E-state index in [1.54, 1.807) is 0 Å². The van der Waals surface area contributed by atoms with Gasteiger partial charge in [-0.05, 0) is 29.2 Å². The molecule has 0 bridgehead atoms. The molecular formula is C18H22N2O2. The maximum Gasteiger partial charge on any atom is 0.262 e. The highest BCUT2D eigenvalue weighted by Crippen LogP contribution is 2.25. The van der Waals surface area contributed by atoms with Crippen molar-refractivity contribution in [2.75, 3.05) is 11.9 Å². The van der Waals surface area contributed by atoms with Crippen molar-refractivity contribution in [1.29, 1.82) is 0 Å². The van der Waals surface area contributed by atoms with Crippen LogP contribution in [0.15, 0.2) is 48.5 Å². The van der Waals surface area contributed by atoms with Gasteiger partial charge < -0.3 is 15.8 Å². The van der Waals surface area contributed by atoms with Gasteiger partial charge in [0.1, 0.15) is 5.75 Å². The summed E-state index contributed by atoms with van der Waals surface area (Å²) in [5, 5.41) is 2.84. The van der Waals surface area contributed by atoms with Crippen LogP contribution in [0.2, 0.25) is 0 Å². The number of anilines is 1. The van der Waals surface area contributed by atoms with Crippen molar-refractivity contribution in [3.05, 3.63) is 59.7 Å². The SMILES string of the molecule is CC(C)c1ccccc1OCC(=O)Nc1ccccc1CN. The summed E-state index contributed by atoms with van der Waals surface area (Å²) >= 11 is 0. The third-order valence-corrected chi connectivity index (χ3v) is 3.41. The van der Waals surface area contributed by atoms with Crippen LogP contribution in [-0.4, -0.2) is 12.5 Å². The second kappa shape index (κ2) is 7.61. The predicted octanol–water partition coefficient (Wildman–Crippen LogP) is 3.29. The fourth-order valence-electron chi connectivity index (χ4n) is 2.24. The van der Waals surface area contributed by atoms with E-state index < -0.39 is 0 Å². The topological polar surface area (TPSA) is 64.3 Å². The molecule has 2 aromatic rings. The number of carbonyl (C=O) groups excluding carboxylic acids is 1. The Hall–Kier alpha value is -2.33. The van der Waals surface area contributed by atoms with Crippen molar-refractivity contribution in [3.8, 4) is 5.75 Å². The lowest BCUT2D eigenvalue weighted by molar-refractivity contribution is -0.118. The molecular weight excluding hydrogens is 276 g/mol. The third-order valence-electron chi connectivity index (χ3n) is 3.41. The zero-order valence-corrected chi connectivity index (χ0v) is 13.0. The van der Waals surface area contributed by atoms with E-state index in [0.717, 1.165) is 22.6 Å². The van der Waals surface area contributed by atoms with Gasteiger partial charge in [-0.25, -0.2) is 0 Å². The summed E-state index contributed by atoms with van der Waals surface area (Å²) in [5.41, 5.74) is 8.39. The van der Waals surface area contributed by atoms with Crippen LogP contribution in [0.1, 0.15) is 30.9 Å². The van der Waals surface area contributed by atoms with E-state index in [9.17, 15) is 4.79 Å². The van der Waals surface area contributed by atoms with Gasteiger partial charge in [0.25, 0.3) is 5.91 Å². The molecule has 0 aliphatic carbocycles.